The molecule has 2 aliphatic heterocycles. The van der Waals surface area contributed by atoms with Crippen LogP contribution in [0.4, 0.5) is 5.82 Å². The van der Waals surface area contributed by atoms with Gasteiger partial charge in [-0.2, -0.15) is 0 Å². The largest absolute Gasteiger partial charge is 0.355 e. The van der Waals surface area contributed by atoms with E-state index in [0.29, 0.717) is 5.65 Å². The second-order valence-corrected chi connectivity index (χ2v) is 7.57. The van der Waals surface area contributed by atoms with E-state index >= 15 is 0 Å². The van der Waals surface area contributed by atoms with E-state index in [9.17, 15) is 4.79 Å². The molecule has 2 saturated heterocycles. The van der Waals surface area contributed by atoms with E-state index in [1.807, 2.05) is 30.1 Å². The molecule has 2 fully saturated rings. The number of benzene rings is 1. The number of amides is 1. The Balaban J connectivity index is 1.38. The van der Waals surface area contributed by atoms with Crippen molar-refractivity contribution in [3.05, 3.63) is 48.5 Å². The maximum atomic E-state index is 12.9. The van der Waals surface area contributed by atoms with Gasteiger partial charge in [0.15, 0.2) is 11.5 Å². The van der Waals surface area contributed by atoms with Crippen LogP contribution in [0.5, 0.6) is 0 Å². The quantitative estimate of drug-likeness (QED) is 0.757. The van der Waals surface area contributed by atoms with Gasteiger partial charge in [-0.25, -0.2) is 15.0 Å². The lowest BCUT2D eigenvalue weighted by molar-refractivity contribution is -0.131. The van der Waals surface area contributed by atoms with E-state index in [-0.39, 0.29) is 17.4 Å². The molecule has 1 amide bonds. The highest BCUT2D eigenvalue weighted by atomic mass is 16.2. The smallest absolute Gasteiger partial charge is 0.230 e. The summed E-state index contributed by atoms with van der Waals surface area (Å²) in [6, 6.07) is 10.2. The molecule has 7 nitrogen and oxygen atoms in total. The fourth-order valence-corrected chi connectivity index (χ4v) is 4.68. The van der Waals surface area contributed by atoms with Crippen LogP contribution in [0.15, 0.2) is 43.0 Å². The van der Waals surface area contributed by atoms with E-state index in [1.165, 1.54) is 0 Å². The summed E-state index contributed by atoms with van der Waals surface area (Å²) in [4.78, 5) is 33.3. The lowest BCUT2D eigenvalue weighted by atomic mass is 9.81. The first-order valence-corrected chi connectivity index (χ1v) is 9.40. The number of imidazole rings is 1. The van der Waals surface area contributed by atoms with Crippen LogP contribution in [-0.4, -0.2) is 56.4 Å². The number of anilines is 1. The van der Waals surface area contributed by atoms with Crippen molar-refractivity contribution in [2.75, 3.05) is 25.0 Å². The fraction of sp³-hybridized carbons (Fsp3) is 0.400. The molecule has 27 heavy (non-hydrogen) atoms. The van der Waals surface area contributed by atoms with E-state index in [4.69, 9.17) is 0 Å². The van der Waals surface area contributed by atoms with Crippen molar-refractivity contribution in [1.82, 2.24) is 24.8 Å². The standard InChI is InChI=1S/C20H22N6O/c1-25-19(27)15(14-5-3-2-4-6-14)11-20(25)7-9-26(10-8-20)18-16-17(22-12-21-16)23-13-24-18/h2-6,12-13,15H,7-11H2,1H3,(H,21,22,23,24). The van der Waals surface area contributed by atoms with Gasteiger partial charge < -0.3 is 14.8 Å². The maximum Gasteiger partial charge on any atom is 0.230 e. The van der Waals surface area contributed by atoms with Gasteiger partial charge in [-0.3, -0.25) is 4.79 Å². The van der Waals surface area contributed by atoms with Crippen LogP contribution in [0.25, 0.3) is 11.2 Å². The number of carbonyl (C=O) groups excluding carboxylic acids is 1. The van der Waals surface area contributed by atoms with E-state index in [1.54, 1.807) is 12.7 Å². The SMILES string of the molecule is CN1C(=O)C(c2ccccc2)CC12CCN(c1ncnc3nc[nH]c13)CC2. The summed E-state index contributed by atoms with van der Waals surface area (Å²) in [5.41, 5.74) is 2.64. The third kappa shape index (κ3) is 2.49. The van der Waals surface area contributed by atoms with Crippen molar-refractivity contribution in [1.29, 1.82) is 0 Å². The Morgan fingerprint density at radius 2 is 1.89 bits per heavy atom. The van der Waals surface area contributed by atoms with Crippen molar-refractivity contribution < 1.29 is 4.79 Å². The topological polar surface area (TPSA) is 78.0 Å². The number of rotatable bonds is 2. The predicted molar refractivity (Wildman–Crippen MR) is 102 cm³/mol. The highest BCUT2D eigenvalue weighted by Gasteiger charge is 2.50. The average Bonchev–Trinajstić information content (AvgIpc) is 3.29. The number of nitrogens with zero attached hydrogens (tertiary/aromatic N) is 5. The predicted octanol–water partition coefficient (Wildman–Crippen LogP) is 2.34. The number of hydrogen-bond acceptors (Lipinski definition) is 5. The maximum absolute atomic E-state index is 12.9. The second kappa shape index (κ2) is 6.04. The zero-order valence-electron chi connectivity index (χ0n) is 15.3. The first-order chi connectivity index (χ1) is 13.2. The molecule has 1 atom stereocenters. The Kier molecular flexibility index (Phi) is 3.63. The van der Waals surface area contributed by atoms with Crippen LogP contribution in [0.2, 0.25) is 0 Å². The second-order valence-electron chi connectivity index (χ2n) is 7.57. The molecule has 1 N–H and O–H groups in total. The molecule has 0 radical (unpaired) electrons. The highest BCUT2D eigenvalue weighted by molar-refractivity contribution is 5.87. The van der Waals surface area contributed by atoms with Gasteiger partial charge in [-0.05, 0) is 24.8 Å². The monoisotopic (exact) mass is 362 g/mol. The molecule has 7 heteroatoms. The minimum absolute atomic E-state index is 0.0267. The lowest BCUT2D eigenvalue weighted by Crippen LogP contribution is -2.51. The Hall–Kier alpha value is -2.96. The normalized spacial score (nSPS) is 22.1. The summed E-state index contributed by atoms with van der Waals surface area (Å²) in [5, 5.41) is 0. The summed E-state index contributed by atoms with van der Waals surface area (Å²) in [6.45, 7) is 1.73. The minimum atomic E-state index is -0.0613. The van der Waals surface area contributed by atoms with Crippen LogP contribution >= 0.6 is 0 Å². The van der Waals surface area contributed by atoms with Gasteiger partial charge in [0, 0.05) is 25.7 Å². The first-order valence-electron chi connectivity index (χ1n) is 9.40. The van der Waals surface area contributed by atoms with Crippen molar-refractivity contribution in [3.63, 3.8) is 0 Å². The number of carbonyl (C=O) groups is 1. The Bertz CT molecular complexity index is 976. The van der Waals surface area contributed by atoms with Gasteiger partial charge in [-0.1, -0.05) is 30.3 Å². The molecule has 1 unspecified atom stereocenters. The van der Waals surface area contributed by atoms with Crippen molar-refractivity contribution in [3.8, 4) is 0 Å². The summed E-state index contributed by atoms with van der Waals surface area (Å²) in [7, 11) is 1.97. The number of piperidine rings is 1. The number of aromatic amines is 1. The molecule has 3 aromatic rings. The van der Waals surface area contributed by atoms with E-state index < -0.39 is 0 Å². The number of H-pyrrole nitrogens is 1. The molecule has 0 saturated carbocycles. The van der Waals surface area contributed by atoms with Crippen LogP contribution in [0.3, 0.4) is 0 Å². The highest BCUT2D eigenvalue weighted by Crippen LogP contribution is 2.45. The molecular weight excluding hydrogens is 340 g/mol. The van der Waals surface area contributed by atoms with Gasteiger partial charge in [-0.15, -0.1) is 0 Å². The number of likely N-dealkylation sites (N-methyl/N-ethyl adjacent to an activating group) is 1. The molecule has 2 aromatic heterocycles. The number of aromatic nitrogens is 4. The molecule has 138 valence electrons. The Labute approximate surface area is 157 Å². The molecular formula is C20H22N6O. The van der Waals surface area contributed by atoms with Crippen LogP contribution < -0.4 is 4.90 Å². The Morgan fingerprint density at radius 3 is 2.67 bits per heavy atom. The summed E-state index contributed by atoms with van der Waals surface area (Å²) in [5.74, 6) is 1.12. The third-order valence-electron chi connectivity index (χ3n) is 6.32. The number of nitrogens with one attached hydrogen (secondary N) is 1. The van der Waals surface area contributed by atoms with Crippen LogP contribution in [-0.2, 0) is 4.79 Å². The van der Waals surface area contributed by atoms with Gasteiger partial charge in [0.1, 0.15) is 11.8 Å². The molecule has 2 aliphatic rings. The zero-order chi connectivity index (χ0) is 18.4. The first kappa shape index (κ1) is 16.2. The molecule has 1 aromatic carbocycles. The summed E-state index contributed by atoms with van der Waals surface area (Å²) in [6.07, 6.45) is 6.00. The van der Waals surface area contributed by atoms with E-state index in [0.717, 1.165) is 49.2 Å². The van der Waals surface area contributed by atoms with Crippen molar-refractivity contribution in [2.24, 2.45) is 0 Å². The van der Waals surface area contributed by atoms with Crippen molar-refractivity contribution in [2.45, 2.75) is 30.7 Å². The Morgan fingerprint density at radius 1 is 1.11 bits per heavy atom. The van der Waals surface area contributed by atoms with E-state index in [2.05, 4.69) is 37.0 Å². The third-order valence-corrected chi connectivity index (χ3v) is 6.32. The molecule has 0 bridgehead atoms. The number of fused-ring (bicyclic) bond motifs is 1. The van der Waals surface area contributed by atoms with Gasteiger partial charge in [0.25, 0.3) is 0 Å². The van der Waals surface area contributed by atoms with Crippen molar-refractivity contribution >= 4 is 22.9 Å². The minimum Gasteiger partial charge on any atom is -0.355 e. The molecule has 1 spiro atoms. The van der Waals surface area contributed by atoms with Crippen LogP contribution in [0.1, 0.15) is 30.7 Å². The van der Waals surface area contributed by atoms with Gasteiger partial charge >= 0.3 is 0 Å². The van der Waals surface area contributed by atoms with Gasteiger partial charge in [0.05, 0.1) is 12.2 Å². The molecule has 0 aliphatic carbocycles. The van der Waals surface area contributed by atoms with Gasteiger partial charge in [0.2, 0.25) is 5.91 Å². The fourth-order valence-electron chi connectivity index (χ4n) is 4.68. The number of hydrogen-bond donors (Lipinski definition) is 1. The average molecular weight is 362 g/mol. The molecule has 5 rings (SSSR count). The number of likely N-dealkylation sites (tertiary alicyclic amines) is 1. The molecule has 4 heterocycles. The summed E-state index contributed by atoms with van der Waals surface area (Å²) < 4.78 is 0. The zero-order valence-corrected chi connectivity index (χ0v) is 15.3. The summed E-state index contributed by atoms with van der Waals surface area (Å²) >= 11 is 0. The lowest BCUT2D eigenvalue weighted by Gasteiger charge is -2.43. The van der Waals surface area contributed by atoms with Crippen LogP contribution in [0, 0.1) is 0 Å².